The first-order chi connectivity index (χ1) is 16.1. The van der Waals surface area contributed by atoms with Crippen molar-refractivity contribution >= 4 is 11.9 Å². The van der Waals surface area contributed by atoms with E-state index < -0.39 is 5.97 Å². The summed E-state index contributed by atoms with van der Waals surface area (Å²) in [6, 6.07) is 19.4. The van der Waals surface area contributed by atoms with Gasteiger partial charge in [0.2, 0.25) is 6.79 Å². The highest BCUT2D eigenvalue weighted by Crippen LogP contribution is 2.49. The number of hydrogen-bond donors (Lipinski definition) is 0. The van der Waals surface area contributed by atoms with Crippen LogP contribution in [0.15, 0.2) is 72.8 Å². The van der Waals surface area contributed by atoms with Crippen LogP contribution < -0.4 is 9.47 Å². The molecule has 34 heavy (non-hydrogen) atoms. The summed E-state index contributed by atoms with van der Waals surface area (Å²) in [7, 11) is 0. The number of carbonyl (C=O) groups excluding carboxylic acids is 2. The second-order valence-corrected chi connectivity index (χ2v) is 9.15. The quantitative estimate of drug-likeness (QED) is 0.192. The van der Waals surface area contributed by atoms with Crippen LogP contribution in [-0.2, 0) is 26.2 Å². The van der Waals surface area contributed by atoms with Crippen molar-refractivity contribution in [1.29, 1.82) is 0 Å². The van der Waals surface area contributed by atoms with Gasteiger partial charge in [0, 0.05) is 11.0 Å². The van der Waals surface area contributed by atoms with Crippen LogP contribution in [0.5, 0.6) is 11.5 Å². The molecule has 0 bridgehead atoms. The average Bonchev–Trinajstić information content (AvgIpc) is 3.01. The van der Waals surface area contributed by atoms with Crippen LogP contribution in [0, 0.1) is 6.92 Å². The number of carbonyl (C=O) groups is 2. The molecule has 5 heteroatoms. The summed E-state index contributed by atoms with van der Waals surface area (Å²) >= 11 is 0. The summed E-state index contributed by atoms with van der Waals surface area (Å²) < 4.78 is 16.0. The molecule has 3 aromatic rings. The fourth-order valence-corrected chi connectivity index (χ4v) is 4.21. The van der Waals surface area contributed by atoms with E-state index in [9.17, 15) is 9.59 Å². The summed E-state index contributed by atoms with van der Waals surface area (Å²) in [6.45, 7) is 11.4. The van der Waals surface area contributed by atoms with Crippen LogP contribution >= 0.6 is 0 Å². The molecule has 0 heterocycles. The Morgan fingerprint density at radius 1 is 0.882 bits per heavy atom. The third kappa shape index (κ3) is 4.74. The van der Waals surface area contributed by atoms with Gasteiger partial charge >= 0.3 is 11.9 Å². The molecule has 0 radical (unpaired) electrons. The van der Waals surface area contributed by atoms with Gasteiger partial charge in [-0.3, -0.25) is 4.79 Å². The zero-order valence-corrected chi connectivity index (χ0v) is 19.9. The molecule has 1 aliphatic rings. The molecule has 0 unspecified atom stereocenters. The van der Waals surface area contributed by atoms with Crippen molar-refractivity contribution in [2.75, 3.05) is 6.79 Å². The summed E-state index contributed by atoms with van der Waals surface area (Å²) in [4.78, 5) is 24.0. The number of benzene rings is 3. The molecule has 174 valence electrons. The van der Waals surface area contributed by atoms with Gasteiger partial charge < -0.3 is 14.2 Å². The maximum absolute atomic E-state index is 12.6. The molecule has 0 aromatic heterocycles. The van der Waals surface area contributed by atoms with Gasteiger partial charge in [0.05, 0.1) is 6.42 Å². The minimum Gasteiger partial charge on any atom is -0.457 e. The van der Waals surface area contributed by atoms with Crippen LogP contribution in [0.1, 0.15) is 43.0 Å². The van der Waals surface area contributed by atoms with E-state index in [0.717, 1.165) is 11.1 Å². The molecule has 5 nitrogen and oxygen atoms in total. The third-order valence-electron chi connectivity index (χ3n) is 6.07. The number of ether oxygens (including phenoxy) is 3. The Morgan fingerprint density at radius 2 is 1.50 bits per heavy atom. The van der Waals surface area contributed by atoms with Crippen molar-refractivity contribution in [3.8, 4) is 22.6 Å². The van der Waals surface area contributed by atoms with Crippen LogP contribution in [0.25, 0.3) is 11.1 Å². The first-order valence-electron chi connectivity index (χ1n) is 11.2. The highest BCUT2D eigenvalue weighted by atomic mass is 16.7. The van der Waals surface area contributed by atoms with Crippen LogP contribution in [0.3, 0.4) is 0 Å². The third-order valence-corrected chi connectivity index (χ3v) is 6.07. The lowest BCUT2D eigenvalue weighted by atomic mass is 9.82. The van der Waals surface area contributed by atoms with Crippen LogP contribution in [0.4, 0.5) is 0 Å². The Hall–Kier alpha value is -3.86. The second-order valence-electron chi connectivity index (χ2n) is 9.15. The minimum absolute atomic E-state index is 0.130. The molecular formula is C29H28O5. The first-order valence-corrected chi connectivity index (χ1v) is 11.2. The molecular weight excluding hydrogens is 428 g/mol. The van der Waals surface area contributed by atoms with Crippen LogP contribution in [-0.4, -0.2) is 18.7 Å². The fraction of sp³-hybridized carbons (Fsp3) is 0.241. The Kier molecular flexibility index (Phi) is 6.29. The Balaban J connectivity index is 1.38. The minimum atomic E-state index is -0.506. The molecule has 0 fully saturated rings. The van der Waals surface area contributed by atoms with E-state index in [0.29, 0.717) is 17.1 Å². The Morgan fingerprint density at radius 3 is 2.18 bits per heavy atom. The van der Waals surface area contributed by atoms with Crippen molar-refractivity contribution in [1.82, 2.24) is 0 Å². The molecule has 0 aliphatic heterocycles. The van der Waals surface area contributed by atoms with E-state index >= 15 is 0 Å². The van der Waals surface area contributed by atoms with Gasteiger partial charge in [0.25, 0.3) is 0 Å². The number of hydrogen-bond acceptors (Lipinski definition) is 5. The molecule has 0 N–H and O–H groups in total. The first kappa shape index (κ1) is 23.3. The van der Waals surface area contributed by atoms with Gasteiger partial charge in [-0.15, -0.1) is 0 Å². The van der Waals surface area contributed by atoms with Crippen LogP contribution in [0.2, 0.25) is 0 Å². The van der Waals surface area contributed by atoms with E-state index in [4.69, 9.17) is 14.2 Å². The second kappa shape index (κ2) is 9.18. The van der Waals surface area contributed by atoms with E-state index in [2.05, 4.69) is 45.5 Å². The molecule has 4 rings (SSSR count). The normalized spacial score (nSPS) is 12.9. The van der Waals surface area contributed by atoms with Crippen molar-refractivity contribution in [2.45, 2.75) is 39.5 Å². The fourth-order valence-electron chi connectivity index (χ4n) is 4.21. The zero-order chi connectivity index (χ0) is 24.5. The highest BCUT2D eigenvalue weighted by Gasteiger charge is 2.35. The van der Waals surface area contributed by atoms with Gasteiger partial charge in [0.1, 0.15) is 11.5 Å². The smallest absolute Gasteiger partial charge is 0.335 e. The molecule has 0 saturated heterocycles. The predicted molar refractivity (Wildman–Crippen MR) is 131 cm³/mol. The monoisotopic (exact) mass is 456 g/mol. The summed E-state index contributed by atoms with van der Waals surface area (Å²) in [5.41, 5.74) is 7.05. The van der Waals surface area contributed by atoms with Crippen molar-refractivity contribution in [3.05, 3.63) is 95.1 Å². The number of rotatable bonds is 7. The maximum Gasteiger partial charge on any atom is 0.335 e. The molecule has 1 aliphatic carbocycles. The molecule has 0 saturated carbocycles. The van der Waals surface area contributed by atoms with E-state index in [1.807, 2.05) is 18.2 Å². The molecule has 3 aromatic carbocycles. The van der Waals surface area contributed by atoms with Gasteiger partial charge in [-0.1, -0.05) is 62.4 Å². The van der Waals surface area contributed by atoms with Crippen molar-refractivity contribution in [2.24, 2.45) is 0 Å². The van der Waals surface area contributed by atoms with Gasteiger partial charge in [0.15, 0.2) is 0 Å². The maximum atomic E-state index is 12.6. The van der Waals surface area contributed by atoms with Gasteiger partial charge in [-0.05, 0) is 65.9 Å². The summed E-state index contributed by atoms with van der Waals surface area (Å²) in [6.07, 6.45) is 0.130. The molecule has 0 spiro atoms. The topological polar surface area (TPSA) is 61.8 Å². The van der Waals surface area contributed by atoms with Crippen molar-refractivity contribution in [3.63, 3.8) is 0 Å². The number of esters is 2. The predicted octanol–water partition coefficient (Wildman–Crippen LogP) is 5.91. The van der Waals surface area contributed by atoms with E-state index in [1.165, 1.54) is 22.3 Å². The summed E-state index contributed by atoms with van der Waals surface area (Å²) in [5.74, 6) is 0.226. The Bertz CT molecular complexity index is 1270. The zero-order valence-electron chi connectivity index (χ0n) is 19.9. The van der Waals surface area contributed by atoms with E-state index in [-0.39, 0.29) is 24.6 Å². The lowest BCUT2D eigenvalue weighted by Gasteiger charge is -2.22. The SMILES string of the molecule is C=C(C)C(=O)OCOc1ccc(CC(=O)Oc2ccc3c(c2)C(C)(C)c2cc(C)ccc2-3)cc1. The van der Waals surface area contributed by atoms with E-state index in [1.54, 1.807) is 31.2 Å². The standard InChI is InChI=1S/C29H28O5/c1-18(2)28(31)33-17-32-21-9-7-20(8-10-21)15-27(30)34-22-11-13-24-23-12-6-19(3)14-25(23)29(4,5)26(24)16-22/h6-14,16H,1,15,17H2,2-5H3. The molecule has 0 amide bonds. The lowest BCUT2D eigenvalue weighted by Crippen LogP contribution is -2.16. The largest absolute Gasteiger partial charge is 0.457 e. The number of fused-ring (bicyclic) bond motifs is 3. The van der Waals surface area contributed by atoms with Gasteiger partial charge in [-0.25, -0.2) is 4.79 Å². The number of aryl methyl sites for hydroxylation is 1. The lowest BCUT2D eigenvalue weighted by molar-refractivity contribution is -0.145. The summed E-state index contributed by atoms with van der Waals surface area (Å²) in [5, 5.41) is 0. The molecule has 0 atom stereocenters. The highest BCUT2D eigenvalue weighted by molar-refractivity contribution is 5.86. The van der Waals surface area contributed by atoms with Crippen molar-refractivity contribution < 1.29 is 23.8 Å². The Labute approximate surface area is 200 Å². The van der Waals surface area contributed by atoms with Gasteiger partial charge in [-0.2, -0.15) is 0 Å². The average molecular weight is 457 g/mol.